The van der Waals surface area contributed by atoms with Crippen LogP contribution in [0.25, 0.3) is 11.1 Å². The first kappa shape index (κ1) is 25.0. The maximum absolute atomic E-state index is 12.4. The van der Waals surface area contributed by atoms with Gasteiger partial charge in [0.05, 0.1) is 6.54 Å². The molecule has 0 atom stereocenters. The summed E-state index contributed by atoms with van der Waals surface area (Å²) in [5.41, 5.74) is 2.39. The van der Waals surface area contributed by atoms with Crippen molar-refractivity contribution in [3.63, 3.8) is 0 Å². The van der Waals surface area contributed by atoms with Crippen molar-refractivity contribution in [2.75, 3.05) is 26.2 Å². The predicted molar refractivity (Wildman–Crippen MR) is 121 cm³/mol. The number of amides is 1. The number of nitrogens with one attached hydrogen (secondary N) is 1. The van der Waals surface area contributed by atoms with E-state index in [-0.39, 0.29) is 36.6 Å². The number of rotatable bonds is 7. The monoisotopic (exact) mass is 505 g/mol. The topological polar surface area (TPSA) is 112 Å². The number of alkyl halides is 3. The molecular formula is C23H22F3N5O5. The molecule has 13 heteroatoms. The molecule has 1 aliphatic heterocycles. The largest absolute Gasteiger partial charge is 0.573 e. The predicted octanol–water partition coefficient (Wildman–Crippen LogP) is 3.37. The van der Waals surface area contributed by atoms with Gasteiger partial charge in [0.15, 0.2) is 0 Å². The number of hydrogen-bond donors (Lipinski definition) is 1. The highest BCUT2D eigenvalue weighted by Gasteiger charge is 2.31. The van der Waals surface area contributed by atoms with E-state index < -0.39 is 11.3 Å². The lowest BCUT2D eigenvalue weighted by Crippen LogP contribution is -2.41. The molecule has 190 valence electrons. The average Bonchev–Trinajstić information content (AvgIpc) is 3.22. The number of imidazole rings is 1. The summed E-state index contributed by atoms with van der Waals surface area (Å²) in [6, 6.07) is 13.1. The molecule has 2 aromatic carbocycles. The fourth-order valence-electron chi connectivity index (χ4n) is 3.66. The highest BCUT2D eigenvalue weighted by Crippen LogP contribution is 2.26. The quantitative estimate of drug-likeness (QED) is 0.387. The van der Waals surface area contributed by atoms with Gasteiger partial charge >= 0.3 is 18.2 Å². The molecule has 0 spiro atoms. The van der Waals surface area contributed by atoms with Crippen molar-refractivity contribution < 1.29 is 32.4 Å². The summed E-state index contributed by atoms with van der Waals surface area (Å²) in [7, 11) is 0. The molecule has 0 saturated carbocycles. The van der Waals surface area contributed by atoms with Crippen LogP contribution in [0.3, 0.4) is 0 Å². The maximum Gasteiger partial charge on any atom is 0.573 e. The minimum Gasteiger partial charge on any atom is -0.444 e. The second-order valence-corrected chi connectivity index (χ2v) is 8.00. The Balaban J connectivity index is 1.26. The fourth-order valence-corrected chi connectivity index (χ4v) is 3.66. The third kappa shape index (κ3) is 6.72. The third-order valence-electron chi connectivity index (χ3n) is 5.44. The number of nitrogens with zero attached hydrogens (tertiary/aromatic N) is 4. The zero-order valence-electron chi connectivity index (χ0n) is 18.9. The summed E-state index contributed by atoms with van der Waals surface area (Å²) in [6.45, 7) is 2.05. The van der Waals surface area contributed by atoms with Crippen LogP contribution in [-0.2, 0) is 17.9 Å². The molecule has 1 N–H and O–H groups in total. The molecule has 10 nitrogen and oxygen atoms in total. The van der Waals surface area contributed by atoms with Crippen molar-refractivity contribution in [3.8, 4) is 22.9 Å². The first-order valence-electron chi connectivity index (χ1n) is 10.9. The van der Waals surface area contributed by atoms with E-state index in [2.05, 4.69) is 15.0 Å². The molecule has 0 unspecified atom stereocenters. The molecule has 0 radical (unpaired) electrons. The standard InChI is InChI=1S/C23H22F3N5O5/c24-23(25,26)36-19-7-5-18(6-8-19)17-3-1-16(2-4-17)13-27-21(32)15-29-9-10-30-14-20(31(33)34)28-22(30)35-12-11-29/h1-8,14H,9-13,15H2,(H,27,32). The minimum atomic E-state index is -4.74. The van der Waals surface area contributed by atoms with Crippen molar-refractivity contribution in [1.29, 1.82) is 0 Å². The second kappa shape index (κ2) is 10.6. The Bertz CT molecular complexity index is 1210. The number of aromatic nitrogens is 2. The number of benzene rings is 2. The van der Waals surface area contributed by atoms with Crippen LogP contribution >= 0.6 is 0 Å². The zero-order valence-corrected chi connectivity index (χ0v) is 18.9. The van der Waals surface area contributed by atoms with Gasteiger partial charge in [-0.25, -0.2) is 0 Å². The minimum absolute atomic E-state index is 0.139. The molecule has 0 bridgehead atoms. The van der Waals surface area contributed by atoms with Gasteiger partial charge in [-0.05, 0) is 33.7 Å². The van der Waals surface area contributed by atoms with Crippen LogP contribution in [0.2, 0.25) is 0 Å². The number of carbonyl (C=O) groups excluding carboxylic acids is 1. The number of ether oxygens (including phenoxy) is 2. The van der Waals surface area contributed by atoms with Crippen molar-refractivity contribution >= 4 is 11.7 Å². The van der Waals surface area contributed by atoms with Crippen LogP contribution in [0.4, 0.5) is 19.0 Å². The lowest BCUT2D eigenvalue weighted by Gasteiger charge is -2.23. The number of hydrogen-bond acceptors (Lipinski definition) is 7. The van der Waals surface area contributed by atoms with E-state index in [1.165, 1.54) is 30.5 Å². The van der Waals surface area contributed by atoms with Crippen LogP contribution < -0.4 is 14.8 Å². The summed E-state index contributed by atoms with van der Waals surface area (Å²) >= 11 is 0. The highest BCUT2D eigenvalue weighted by molar-refractivity contribution is 5.78. The van der Waals surface area contributed by atoms with E-state index in [0.29, 0.717) is 26.2 Å². The van der Waals surface area contributed by atoms with Crippen LogP contribution in [0, 0.1) is 10.1 Å². The van der Waals surface area contributed by atoms with E-state index >= 15 is 0 Å². The van der Waals surface area contributed by atoms with Crippen LogP contribution in [0.15, 0.2) is 54.7 Å². The van der Waals surface area contributed by atoms with Crippen molar-refractivity contribution in [2.45, 2.75) is 19.5 Å². The maximum atomic E-state index is 12.4. The Morgan fingerprint density at radius 2 is 1.75 bits per heavy atom. The Kier molecular flexibility index (Phi) is 7.38. The van der Waals surface area contributed by atoms with Gasteiger partial charge in [0.1, 0.15) is 18.6 Å². The van der Waals surface area contributed by atoms with Gasteiger partial charge in [0.2, 0.25) is 5.91 Å². The second-order valence-electron chi connectivity index (χ2n) is 8.00. The molecule has 3 aromatic rings. The summed E-state index contributed by atoms with van der Waals surface area (Å²) in [4.78, 5) is 28.5. The Hall–Kier alpha value is -4.13. The Morgan fingerprint density at radius 3 is 2.39 bits per heavy atom. The summed E-state index contributed by atoms with van der Waals surface area (Å²) in [6.07, 6.45) is -3.42. The Labute approximate surface area is 203 Å². The van der Waals surface area contributed by atoms with E-state index in [1.807, 2.05) is 29.2 Å². The fraction of sp³-hybridized carbons (Fsp3) is 0.304. The summed E-state index contributed by atoms with van der Waals surface area (Å²) in [5.74, 6) is -0.754. The molecule has 2 heterocycles. The van der Waals surface area contributed by atoms with Crippen molar-refractivity contribution in [1.82, 2.24) is 19.8 Å². The molecule has 4 rings (SSSR count). The normalized spacial score (nSPS) is 14.2. The number of halogens is 3. The van der Waals surface area contributed by atoms with Crippen LogP contribution in [-0.4, -0.2) is 57.9 Å². The lowest BCUT2D eigenvalue weighted by molar-refractivity contribution is -0.389. The molecule has 0 saturated heterocycles. The van der Waals surface area contributed by atoms with Gasteiger partial charge in [-0.3, -0.25) is 14.3 Å². The van der Waals surface area contributed by atoms with Crippen LogP contribution in [0.5, 0.6) is 11.8 Å². The molecule has 36 heavy (non-hydrogen) atoms. The number of nitro groups is 1. The SMILES string of the molecule is O=C(CN1CCOc2nc([N+](=O)[O-])cn2CC1)NCc1ccc(-c2ccc(OC(F)(F)F)cc2)cc1. The van der Waals surface area contributed by atoms with Gasteiger partial charge < -0.3 is 24.9 Å². The first-order chi connectivity index (χ1) is 17.2. The van der Waals surface area contributed by atoms with Crippen molar-refractivity contribution in [3.05, 3.63) is 70.4 Å². The average molecular weight is 505 g/mol. The molecule has 1 amide bonds. The molecular weight excluding hydrogens is 483 g/mol. The van der Waals surface area contributed by atoms with Gasteiger partial charge in [-0.1, -0.05) is 36.4 Å². The van der Waals surface area contributed by atoms with Crippen molar-refractivity contribution in [2.24, 2.45) is 0 Å². The molecule has 1 aromatic heterocycles. The highest BCUT2D eigenvalue weighted by atomic mass is 19.4. The van der Waals surface area contributed by atoms with E-state index in [1.54, 1.807) is 4.57 Å². The number of fused-ring (bicyclic) bond motifs is 1. The molecule has 1 aliphatic rings. The lowest BCUT2D eigenvalue weighted by atomic mass is 10.0. The van der Waals surface area contributed by atoms with E-state index in [4.69, 9.17) is 4.74 Å². The number of carbonyl (C=O) groups is 1. The third-order valence-corrected chi connectivity index (χ3v) is 5.44. The first-order valence-corrected chi connectivity index (χ1v) is 10.9. The smallest absolute Gasteiger partial charge is 0.444 e. The Morgan fingerprint density at radius 1 is 1.08 bits per heavy atom. The summed E-state index contributed by atoms with van der Waals surface area (Å²) < 4.78 is 47.8. The van der Waals surface area contributed by atoms with Gasteiger partial charge in [-0.15, -0.1) is 13.2 Å². The van der Waals surface area contributed by atoms with E-state index in [9.17, 15) is 28.1 Å². The molecule has 0 aliphatic carbocycles. The van der Waals surface area contributed by atoms with E-state index in [0.717, 1.165) is 16.7 Å². The van der Waals surface area contributed by atoms with Gasteiger partial charge in [0, 0.05) is 31.2 Å². The van der Waals surface area contributed by atoms with Gasteiger partial charge in [-0.2, -0.15) is 0 Å². The van der Waals surface area contributed by atoms with Gasteiger partial charge in [0.25, 0.3) is 0 Å². The summed E-state index contributed by atoms with van der Waals surface area (Å²) in [5, 5.41) is 13.8. The van der Waals surface area contributed by atoms with Crippen LogP contribution in [0.1, 0.15) is 5.56 Å². The molecule has 0 fully saturated rings. The zero-order chi connectivity index (χ0) is 25.7.